The highest BCUT2D eigenvalue weighted by atomic mass is 35.5. The third-order valence-corrected chi connectivity index (χ3v) is 4.90. The highest BCUT2D eigenvalue weighted by Gasteiger charge is 2.34. The van der Waals surface area contributed by atoms with Gasteiger partial charge in [-0.25, -0.2) is 0 Å². The molecule has 2 aromatic rings. The van der Waals surface area contributed by atoms with Crippen LogP contribution in [0, 0.1) is 0 Å². The minimum atomic E-state index is -0.307. The number of anilines is 1. The second kappa shape index (κ2) is 7.82. The predicted octanol–water partition coefficient (Wildman–Crippen LogP) is 4.95. The summed E-state index contributed by atoms with van der Waals surface area (Å²) in [6, 6.07) is 11.2. The van der Waals surface area contributed by atoms with Crippen LogP contribution in [0.1, 0.15) is 31.9 Å². The smallest absolute Gasteiger partial charge is 0.171 e. The Balaban J connectivity index is 1.78. The van der Waals surface area contributed by atoms with Gasteiger partial charge in [0.1, 0.15) is 22.8 Å². The summed E-state index contributed by atoms with van der Waals surface area (Å²) in [6.07, 6.45) is 0.762. The number of fused-ring (bicyclic) bond motifs is 1. The Morgan fingerprint density at radius 2 is 1.96 bits per heavy atom. The number of halogens is 1. The summed E-state index contributed by atoms with van der Waals surface area (Å²) in [4.78, 5) is 0. The lowest BCUT2D eigenvalue weighted by atomic mass is 9.89. The largest absolute Gasteiger partial charge is 0.497 e. The van der Waals surface area contributed by atoms with Gasteiger partial charge in [0.2, 0.25) is 0 Å². The average molecular weight is 407 g/mol. The molecule has 5 nitrogen and oxygen atoms in total. The molecule has 0 amide bonds. The number of rotatable bonds is 4. The number of thiocarbonyl (C=S) groups is 1. The van der Waals surface area contributed by atoms with Gasteiger partial charge in [-0.2, -0.15) is 0 Å². The zero-order chi connectivity index (χ0) is 19.6. The van der Waals surface area contributed by atoms with Gasteiger partial charge in [0, 0.05) is 17.7 Å². The van der Waals surface area contributed by atoms with Crippen LogP contribution in [0.2, 0.25) is 5.02 Å². The standard InChI is InChI=1S/C20H23ClN2O3S/c1-20(2)11-16(14-10-13(24-3)6-8-17(14)26-20)23-19(27)22-12-5-7-18(25-4)15(21)9-12/h5-10,16H,11H2,1-4H3,(H2,22,23,27). The van der Waals surface area contributed by atoms with Crippen molar-refractivity contribution in [3.63, 3.8) is 0 Å². The lowest BCUT2D eigenvalue weighted by Gasteiger charge is -2.38. The molecule has 3 rings (SSSR count). The van der Waals surface area contributed by atoms with Crippen molar-refractivity contribution in [1.29, 1.82) is 0 Å². The molecular weight excluding hydrogens is 384 g/mol. The first-order valence-corrected chi connectivity index (χ1v) is 9.38. The van der Waals surface area contributed by atoms with E-state index in [4.69, 9.17) is 38.0 Å². The highest BCUT2D eigenvalue weighted by molar-refractivity contribution is 7.80. The molecule has 7 heteroatoms. The number of ether oxygens (including phenoxy) is 3. The third-order valence-electron chi connectivity index (χ3n) is 4.39. The molecule has 1 unspecified atom stereocenters. The van der Waals surface area contributed by atoms with Crippen molar-refractivity contribution in [2.45, 2.75) is 31.9 Å². The number of methoxy groups -OCH3 is 2. The second-order valence-corrected chi connectivity index (χ2v) is 7.79. The van der Waals surface area contributed by atoms with Gasteiger partial charge in [-0.1, -0.05) is 11.6 Å². The molecule has 2 N–H and O–H groups in total. The van der Waals surface area contributed by atoms with Crippen LogP contribution in [0.15, 0.2) is 36.4 Å². The summed E-state index contributed by atoms with van der Waals surface area (Å²) >= 11 is 11.7. The minimum absolute atomic E-state index is 0.00688. The summed E-state index contributed by atoms with van der Waals surface area (Å²) in [5, 5.41) is 7.59. The molecule has 1 aliphatic heterocycles. The van der Waals surface area contributed by atoms with E-state index in [1.807, 2.05) is 24.3 Å². The molecule has 1 atom stereocenters. The molecular formula is C20H23ClN2O3S. The molecule has 0 bridgehead atoms. The Hall–Kier alpha value is -2.18. The van der Waals surface area contributed by atoms with Gasteiger partial charge in [-0.3, -0.25) is 0 Å². The highest BCUT2D eigenvalue weighted by Crippen LogP contribution is 2.41. The van der Waals surface area contributed by atoms with E-state index < -0.39 is 0 Å². The van der Waals surface area contributed by atoms with Gasteiger partial charge < -0.3 is 24.8 Å². The van der Waals surface area contributed by atoms with Crippen LogP contribution in [0.4, 0.5) is 5.69 Å². The molecule has 0 radical (unpaired) electrons. The summed E-state index contributed by atoms with van der Waals surface area (Å²) in [5.41, 5.74) is 1.50. The molecule has 0 aliphatic carbocycles. The first-order valence-electron chi connectivity index (χ1n) is 8.59. The van der Waals surface area contributed by atoms with Gasteiger partial charge in [0.05, 0.1) is 25.3 Å². The molecule has 1 aliphatic rings. The topological polar surface area (TPSA) is 51.8 Å². The van der Waals surface area contributed by atoms with Crippen molar-refractivity contribution in [3.8, 4) is 17.2 Å². The van der Waals surface area contributed by atoms with E-state index in [0.717, 1.165) is 29.2 Å². The normalized spacial score (nSPS) is 17.3. The van der Waals surface area contributed by atoms with Crippen LogP contribution in [-0.4, -0.2) is 24.9 Å². The molecule has 2 aromatic carbocycles. The monoisotopic (exact) mass is 406 g/mol. The number of hydrogen-bond acceptors (Lipinski definition) is 4. The predicted molar refractivity (Wildman–Crippen MR) is 112 cm³/mol. The summed E-state index contributed by atoms with van der Waals surface area (Å²) in [7, 11) is 3.23. The maximum absolute atomic E-state index is 6.18. The minimum Gasteiger partial charge on any atom is -0.497 e. The Labute approximate surface area is 170 Å². The van der Waals surface area contributed by atoms with Crippen molar-refractivity contribution in [3.05, 3.63) is 47.0 Å². The van der Waals surface area contributed by atoms with E-state index in [0.29, 0.717) is 15.9 Å². The number of benzene rings is 2. The van der Waals surface area contributed by atoms with E-state index in [-0.39, 0.29) is 11.6 Å². The zero-order valence-corrected chi connectivity index (χ0v) is 17.3. The molecule has 0 aromatic heterocycles. The molecule has 0 saturated carbocycles. The Kier molecular flexibility index (Phi) is 5.67. The Bertz CT molecular complexity index is 857. The van der Waals surface area contributed by atoms with E-state index in [1.165, 1.54) is 0 Å². The van der Waals surface area contributed by atoms with Crippen LogP contribution in [-0.2, 0) is 0 Å². The van der Waals surface area contributed by atoms with E-state index in [9.17, 15) is 0 Å². The second-order valence-electron chi connectivity index (χ2n) is 6.97. The Morgan fingerprint density at radius 3 is 2.63 bits per heavy atom. The first-order chi connectivity index (χ1) is 12.8. The number of nitrogens with one attached hydrogen (secondary N) is 2. The molecule has 0 fully saturated rings. The fourth-order valence-corrected chi connectivity index (χ4v) is 3.68. The first kappa shape index (κ1) is 19.6. The lowest BCUT2D eigenvalue weighted by molar-refractivity contribution is 0.0695. The van der Waals surface area contributed by atoms with Crippen molar-refractivity contribution >= 4 is 34.6 Å². The van der Waals surface area contributed by atoms with Crippen LogP contribution >= 0.6 is 23.8 Å². The summed E-state index contributed by atoms with van der Waals surface area (Å²) in [6.45, 7) is 4.13. The molecule has 144 valence electrons. The van der Waals surface area contributed by atoms with Crippen molar-refractivity contribution in [1.82, 2.24) is 5.32 Å². The quantitative estimate of drug-likeness (QED) is 0.701. The fraction of sp³-hybridized carbons (Fsp3) is 0.350. The summed E-state index contributed by atoms with van der Waals surface area (Å²) < 4.78 is 16.6. The fourth-order valence-electron chi connectivity index (χ4n) is 3.16. The van der Waals surface area contributed by atoms with Gasteiger partial charge in [-0.15, -0.1) is 0 Å². The maximum atomic E-state index is 6.18. The van der Waals surface area contributed by atoms with Crippen molar-refractivity contribution in [2.24, 2.45) is 0 Å². The molecule has 0 spiro atoms. The number of hydrogen-bond donors (Lipinski definition) is 2. The lowest BCUT2D eigenvalue weighted by Crippen LogP contribution is -2.42. The Morgan fingerprint density at radius 1 is 1.19 bits per heavy atom. The van der Waals surface area contributed by atoms with Crippen LogP contribution in [0.5, 0.6) is 17.2 Å². The van der Waals surface area contributed by atoms with Gasteiger partial charge >= 0.3 is 0 Å². The van der Waals surface area contributed by atoms with E-state index in [1.54, 1.807) is 26.4 Å². The van der Waals surface area contributed by atoms with Crippen LogP contribution < -0.4 is 24.8 Å². The van der Waals surface area contributed by atoms with Crippen LogP contribution in [0.25, 0.3) is 0 Å². The zero-order valence-electron chi connectivity index (χ0n) is 15.8. The summed E-state index contributed by atoms with van der Waals surface area (Å²) in [5.74, 6) is 2.23. The average Bonchev–Trinajstić information content (AvgIpc) is 2.60. The SMILES string of the molecule is COc1ccc2c(c1)C(NC(=S)Nc1ccc(OC)c(Cl)c1)CC(C)(C)O2. The van der Waals surface area contributed by atoms with Gasteiger partial charge in [0.25, 0.3) is 0 Å². The molecule has 0 saturated heterocycles. The van der Waals surface area contributed by atoms with Crippen molar-refractivity contribution in [2.75, 3.05) is 19.5 Å². The van der Waals surface area contributed by atoms with Gasteiger partial charge in [-0.05, 0) is 62.5 Å². The van der Waals surface area contributed by atoms with Gasteiger partial charge in [0.15, 0.2) is 5.11 Å². The third kappa shape index (κ3) is 4.57. The van der Waals surface area contributed by atoms with E-state index in [2.05, 4.69) is 24.5 Å². The molecule has 1 heterocycles. The van der Waals surface area contributed by atoms with E-state index >= 15 is 0 Å². The van der Waals surface area contributed by atoms with Crippen molar-refractivity contribution < 1.29 is 14.2 Å². The maximum Gasteiger partial charge on any atom is 0.171 e. The van der Waals surface area contributed by atoms with Crippen LogP contribution in [0.3, 0.4) is 0 Å². The molecule has 27 heavy (non-hydrogen) atoms.